The number of rotatable bonds is 11. The molecule has 0 aliphatic heterocycles. The SMILES string of the molecule is Brc1ccccc1-c1ccc(-c2cc(-c3ccc(-c4ccccc4-c4cc(-c5ccccc5-c5ccc(-c6ccccc6)nc5)cc(-c5ccccc5-c5ccc(-c6ccccc6)nc5)c4)cn3)ccn2)cc1. The van der Waals surface area contributed by atoms with Gasteiger partial charge in [-0.1, -0.05) is 210 Å². The Kier molecular flexibility index (Phi) is 12.5. The molecular formula is C68H45BrN4. The first-order valence-electron chi connectivity index (χ1n) is 24.3. The monoisotopic (exact) mass is 996 g/mol. The molecule has 12 rings (SSSR count). The summed E-state index contributed by atoms with van der Waals surface area (Å²) < 4.78 is 1.07. The van der Waals surface area contributed by atoms with Crippen LogP contribution in [0.25, 0.3) is 123 Å². The second-order valence-corrected chi connectivity index (χ2v) is 18.8. The first-order chi connectivity index (χ1) is 36.1. The van der Waals surface area contributed by atoms with E-state index < -0.39 is 0 Å². The fourth-order valence-electron chi connectivity index (χ4n) is 9.71. The molecule has 0 amide bonds. The Morgan fingerprint density at radius 2 is 0.534 bits per heavy atom. The Morgan fingerprint density at radius 3 is 0.932 bits per heavy atom. The third-order valence-electron chi connectivity index (χ3n) is 13.4. The van der Waals surface area contributed by atoms with Gasteiger partial charge in [-0.05, 0) is 116 Å². The van der Waals surface area contributed by atoms with Crippen molar-refractivity contribution in [1.82, 2.24) is 19.9 Å². The average molecular weight is 998 g/mol. The van der Waals surface area contributed by atoms with E-state index in [1.54, 1.807) is 0 Å². The predicted octanol–water partition coefficient (Wildman–Crippen LogP) is 18.4. The summed E-state index contributed by atoms with van der Waals surface area (Å²) in [4.78, 5) is 19.7. The van der Waals surface area contributed by atoms with E-state index in [2.05, 4.69) is 216 Å². The summed E-state index contributed by atoms with van der Waals surface area (Å²) in [6, 6.07) is 87.5. The molecule has 0 unspecified atom stereocenters. The summed E-state index contributed by atoms with van der Waals surface area (Å²) in [7, 11) is 0. The van der Waals surface area contributed by atoms with Gasteiger partial charge in [-0.25, -0.2) is 0 Å². The zero-order valence-corrected chi connectivity index (χ0v) is 41.2. The lowest BCUT2D eigenvalue weighted by molar-refractivity contribution is 1.29. The first kappa shape index (κ1) is 45.0. The molecule has 4 nitrogen and oxygen atoms in total. The lowest BCUT2D eigenvalue weighted by Gasteiger charge is -2.18. The topological polar surface area (TPSA) is 51.6 Å². The van der Waals surface area contributed by atoms with E-state index in [1.807, 2.05) is 73.3 Å². The van der Waals surface area contributed by atoms with Crippen molar-refractivity contribution in [2.24, 2.45) is 0 Å². The largest absolute Gasteiger partial charge is 0.256 e. The molecule has 8 aromatic carbocycles. The van der Waals surface area contributed by atoms with Crippen LogP contribution in [0.3, 0.4) is 0 Å². The molecule has 0 radical (unpaired) electrons. The van der Waals surface area contributed by atoms with Crippen LogP contribution >= 0.6 is 15.9 Å². The molecule has 344 valence electrons. The van der Waals surface area contributed by atoms with E-state index in [4.69, 9.17) is 19.9 Å². The van der Waals surface area contributed by atoms with Crippen molar-refractivity contribution in [3.8, 4) is 123 Å². The van der Waals surface area contributed by atoms with Crippen LogP contribution in [0.15, 0.2) is 278 Å². The summed E-state index contributed by atoms with van der Waals surface area (Å²) in [5.74, 6) is 0. The van der Waals surface area contributed by atoms with Crippen LogP contribution in [0.1, 0.15) is 0 Å². The minimum Gasteiger partial charge on any atom is -0.256 e. The molecule has 4 aromatic heterocycles. The minimum absolute atomic E-state index is 0.879. The summed E-state index contributed by atoms with van der Waals surface area (Å²) in [5, 5.41) is 0. The Bertz CT molecular complexity index is 3730. The molecule has 0 spiro atoms. The second-order valence-electron chi connectivity index (χ2n) is 18.0. The standard InChI is InChI=1S/C68H45BrN4/c69-64-26-14-13-25-63(64)46-27-29-49(30-28-46)68-42-50(37-38-70-68)67-36-33-53(45-73-67)59-21-9-12-24-62(59)56-40-54(60-22-10-7-19-57(60)51-31-34-65(71-43-51)47-15-3-1-4-16-47)39-55(41-56)61-23-11-8-20-58(61)52-32-35-66(72-44-52)48-17-5-2-6-18-48/h1-45H. The van der Waals surface area contributed by atoms with Crippen LogP contribution in [-0.2, 0) is 0 Å². The van der Waals surface area contributed by atoms with Crippen molar-refractivity contribution < 1.29 is 0 Å². The number of hydrogen-bond acceptors (Lipinski definition) is 4. The Balaban J connectivity index is 0.930. The van der Waals surface area contributed by atoms with Crippen LogP contribution < -0.4 is 0 Å². The Morgan fingerprint density at radius 1 is 0.205 bits per heavy atom. The van der Waals surface area contributed by atoms with E-state index in [0.717, 1.165) is 127 Å². The van der Waals surface area contributed by atoms with Gasteiger partial charge < -0.3 is 0 Å². The van der Waals surface area contributed by atoms with Gasteiger partial charge in [0.15, 0.2) is 0 Å². The van der Waals surface area contributed by atoms with E-state index in [-0.39, 0.29) is 0 Å². The predicted molar refractivity (Wildman–Crippen MR) is 305 cm³/mol. The van der Waals surface area contributed by atoms with Gasteiger partial charge in [0.1, 0.15) is 0 Å². The third kappa shape index (κ3) is 9.46. The van der Waals surface area contributed by atoms with Gasteiger partial charge in [0.25, 0.3) is 0 Å². The normalized spacial score (nSPS) is 11.1. The number of nitrogens with zero attached hydrogens (tertiary/aromatic N) is 4. The molecule has 0 aliphatic rings. The van der Waals surface area contributed by atoms with Crippen LogP contribution in [0.5, 0.6) is 0 Å². The number of aromatic nitrogens is 4. The zero-order valence-electron chi connectivity index (χ0n) is 39.6. The van der Waals surface area contributed by atoms with Gasteiger partial charge in [-0.15, -0.1) is 0 Å². The summed E-state index contributed by atoms with van der Waals surface area (Å²) in [6.07, 6.45) is 7.85. The highest BCUT2D eigenvalue weighted by atomic mass is 79.9. The van der Waals surface area contributed by atoms with Crippen LogP contribution in [0.4, 0.5) is 0 Å². The number of pyridine rings is 4. The zero-order chi connectivity index (χ0) is 48.9. The van der Waals surface area contributed by atoms with Crippen molar-refractivity contribution in [1.29, 1.82) is 0 Å². The second kappa shape index (κ2) is 20.3. The van der Waals surface area contributed by atoms with Crippen molar-refractivity contribution in [3.63, 3.8) is 0 Å². The maximum Gasteiger partial charge on any atom is 0.0708 e. The molecule has 0 aliphatic carbocycles. The summed E-state index contributed by atoms with van der Waals surface area (Å²) >= 11 is 3.70. The fourth-order valence-corrected chi connectivity index (χ4v) is 10.2. The third-order valence-corrected chi connectivity index (χ3v) is 14.1. The quantitative estimate of drug-likeness (QED) is 0.130. The highest BCUT2D eigenvalue weighted by Gasteiger charge is 2.17. The van der Waals surface area contributed by atoms with Gasteiger partial charge in [0.05, 0.1) is 22.8 Å². The Hall–Kier alpha value is -9.16. The van der Waals surface area contributed by atoms with E-state index >= 15 is 0 Å². The summed E-state index contributed by atoms with van der Waals surface area (Å²) in [6.45, 7) is 0. The first-order valence-corrected chi connectivity index (χ1v) is 25.1. The van der Waals surface area contributed by atoms with E-state index in [0.29, 0.717) is 0 Å². The maximum atomic E-state index is 5.09. The van der Waals surface area contributed by atoms with Gasteiger partial charge in [-0.2, -0.15) is 0 Å². The Labute approximate surface area is 434 Å². The average Bonchev–Trinajstić information content (AvgIpc) is 3.48. The molecule has 0 fully saturated rings. The van der Waals surface area contributed by atoms with Crippen LogP contribution in [-0.4, -0.2) is 19.9 Å². The highest BCUT2D eigenvalue weighted by molar-refractivity contribution is 9.10. The van der Waals surface area contributed by atoms with Crippen molar-refractivity contribution >= 4 is 15.9 Å². The fraction of sp³-hybridized carbons (Fsp3) is 0. The number of hydrogen-bond donors (Lipinski definition) is 0. The van der Waals surface area contributed by atoms with E-state index in [9.17, 15) is 0 Å². The number of benzene rings is 8. The molecular weight excluding hydrogens is 953 g/mol. The highest BCUT2D eigenvalue weighted by Crippen LogP contribution is 2.43. The molecule has 4 heterocycles. The van der Waals surface area contributed by atoms with Gasteiger partial charge in [0, 0.05) is 68.2 Å². The molecule has 73 heavy (non-hydrogen) atoms. The van der Waals surface area contributed by atoms with Gasteiger partial charge in [0.2, 0.25) is 0 Å². The van der Waals surface area contributed by atoms with Gasteiger partial charge >= 0.3 is 0 Å². The lowest BCUT2D eigenvalue weighted by atomic mass is 9.86. The molecule has 0 bridgehead atoms. The minimum atomic E-state index is 0.879. The molecule has 0 atom stereocenters. The molecule has 5 heteroatoms. The lowest BCUT2D eigenvalue weighted by Crippen LogP contribution is -1.93. The van der Waals surface area contributed by atoms with Gasteiger partial charge in [-0.3, -0.25) is 19.9 Å². The summed E-state index contributed by atoms with van der Waals surface area (Å²) in [5.41, 5.74) is 23.3. The molecule has 0 saturated heterocycles. The molecule has 0 N–H and O–H groups in total. The van der Waals surface area contributed by atoms with Crippen LogP contribution in [0, 0.1) is 0 Å². The van der Waals surface area contributed by atoms with Crippen molar-refractivity contribution in [2.75, 3.05) is 0 Å². The van der Waals surface area contributed by atoms with E-state index in [1.165, 1.54) is 0 Å². The van der Waals surface area contributed by atoms with Crippen LogP contribution in [0.2, 0.25) is 0 Å². The van der Waals surface area contributed by atoms with Crippen molar-refractivity contribution in [3.05, 3.63) is 278 Å². The molecule has 0 saturated carbocycles. The smallest absolute Gasteiger partial charge is 0.0708 e. The molecule has 12 aromatic rings. The van der Waals surface area contributed by atoms with Crippen molar-refractivity contribution in [2.45, 2.75) is 0 Å². The number of halogens is 1. The maximum absolute atomic E-state index is 5.09.